The zero-order valence-electron chi connectivity index (χ0n) is 49.2. The maximum absolute atomic E-state index is 10.7. The van der Waals surface area contributed by atoms with E-state index in [-0.39, 0.29) is 38.2 Å². The van der Waals surface area contributed by atoms with E-state index in [1.165, 1.54) is 11.1 Å². The van der Waals surface area contributed by atoms with Gasteiger partial charge in [-0.25, -0.2) is 0 Å². The van der Waals surface area contributed by atoms with Crippen molar-refractivity contribution in [3.8, 4) is 0 Å². The van der Waals surface area contributed by atoms with Crippen molar-refractivity contribution in [3.63, 3.8) is 0 Å². The van der Waals surface area contributed by atoms with Crippen molar-refractivity contribution in [3.05, 3.63) is 297 Å². The van der Waals surface area contributed by atoms with Gasteiger partial charge in [-0.3, -0.25) is 9.80 Å². The second-order valence-electron chi connectivity index (χ2n) is 22.3. The molecule has 0 amide bonds. The molecule has 1 unspecified atom stereocenters. The molecular weight excluding hydrogens is 1330 g/mol. The summed E-state index contributed by atoms with van der Waals surface area (Å²) in [5.41, 5.74) is 9.82. The van der Waals surface area contributed by atoms with Gasteiger partial charge in [-0.1, -0.05) is 239 Å². The first-order chi connectivity index (χ1) is 43.7. The maximum Gasteiger partial charge on any atom is 0.106 e. The Morgan fingerprint density at radius 3 is 1.26 bits per heavy atom. The van der Waals surface area contributed by atoms with E-state index in [0.29, 0.717) is 52.8 Å². The van der Waals surface area contributed by atoms with Gasteiger partial charge in [0, 0.05) is 95.6 Å². The number of epoxide rings is 1. The van der Waals surface area contributed by atoms with Crippen LogP contribution in [0.4, 0.5) is 17.1 Å². The van der Waals surface area contributed by atoms with Gasteiger partial charge >= 0.3 is 0 Å². The number of nitrogens with zero attached hydrogens (tertiary/aromatic N) is 5. The molecular formula is C73H73Cl9N6O3. The van der Waals surface area contributed by atoms with Crippen molar-refractivity contribution in [1.82, 2.24) is 15.1 Å². The number of β-amino-alcohol motifs (C(OH)–C–C–N with tert-alkyl or cyclic N) is 1. The average Bonchev–Trinajstić information content (AvgIpc) is 1.39. The van der Waals surface area contributed by atoms with Crippen molar-refractivity contribution < 1.29 is 14.9 Å². The summed E-state index contributed by atoms with van der Waals surface area (Å²) in [7, 11) is 0. The highest BCUT2D eigenvalue weighted by Crippen LogP contribution is 2.41. The number of hydrogen-bond donors (Lipinski definition) is 3. The van der Waals surface area contributed by atoms with Gasteiger partial charge < -0.3 is 35.0 Å². The molecule has 0 radical (unpaired) electrons. The molecule has 91 heavy (non-hydrogen) atoms. The molecule has 0 spiro atoms. The van der Waals surface area contributed by atoms with Gasteiger partial charge in [0.1, 0.15) is 6.10 Å². The van der Waals surface area contributed by atoms with E-state index in [1.54, 1.807) is 18.2 Å². The van der Waals surface area contributed by atoms with Gasteiger partial charge in [-0.05, 0) is 124 Å². The van der Waals surface area contributed by atoms with Crippen LogP contribution in [-0.4, -0.2) is 98.7 Å². The van der Waals surface area contributed by atoms with Gasteiger partial charge in [-0.2, -0.15) is 0 Å². The maximum atomic E-state index is 10.7. The summed E-state index contributed by atoms with van der Waals surface area (Å²) in [6.07, 6.45) is -0.117. The topological polar surface area (TPSA) is 81.2 Å². The van der Waals surface area contributed by atoms with E-state index in [9.17, 15) is 10.2 Å². The third kappa shape index (κ3) is 19.2. The molecule has 0 aromatic heterocycles. The Labute approximate surface area is 581 Å². The van der Waals surface area contributed by atoms with Crippen LogP contribution in [0.1, 0.15) is 77.2 Å². The molecule has 4 saturated heterocycles. The highest BCUT2D eigenvalue weighted by molar-refractivity contribution is 6.37. The number of halogens is 9. The molecule has 4 aliphatic rings. The number of ether oxygens (including phenoxy) is 1. The number of anilines is 3. The standard InChI is InChI=1S/2C24H23Cl3N2O.C16H15Cl3N2.C8H8O.CH4/c25-19-8-6-17(7-9-19)23-15-28(16-24(30)18-4-2-1-3-5-18)12-13-29(23)22-11-10-20(26)14-21(22)27;25-19-8-6-18(7-9-19)23-15-28(24(16-30)17-4-2-1-3-5-17)12-13-29(23)22-11-10-20(26)14-21(22)27;17-12-3-1-11(2-4-12)16-10-20-7-8-21(16)15-6-5-13(18)9-14(15)19;1-2-4-7(5-3-1)8-6-9-8;/h2*1-11,14,23-24,30H,12-13,15-16H2;1-6,9,16,20H,7-8,10H2;1-5,8H,6H2;1H4/t23-,24?;23-,24+;16-;8-;/m0000./s1. The van der Waals surface area contributed by atoms with Crippen molar-refractivity contribution in [2.45, 2.75) is 43.8 Å². The fraction of sp³-hybridized carbons (Fsp3) is 0.260. The van der Waals surface area contributed by atoms with Gasteiger partial charge in [0.2, 0.25) is 0 Å². The fourth-order valence-corrected chi connectivity index (χ4v) is 13.7. The summed E-state index contributed by atoms with van der Waals surface area (Å²) >= 11 is 55.9. The summed E-state index contributed by atoms with van der Waals surface area (Å²) in [5.74, 6) is 0. The van der Waals surface area contributed by atoms with E-state index in [2.05, 4.69) is 90.5 Å². The fourth-order valence-electron chi connectivity index (χ4n) is 11.8. The monoisotopic (exact) mass is 1400 g/mol. The lowest BCUT2D eigenvalue weighted by molar-refractivity contribution is 0.100. The minimum atomic E-state index is -0.525. The Hall–Kier alpha value is -5.25. The molecule has 6 atom stereocenters. The number of aliphatic hydroxyl groups is 2. The lowest BCUT2D eigenvalue weighted by Gasteiger charge is -2.46. The first-order valence-corrected chi connectivity index (χ1v) is 33.2. The van der Waals surface area contributed by atoms with Crippen molar-refractivity contribution in [2.24, 2.45) is 0 Å². The number of piperazine rings is 3. The Balaban J connectivity index is 0.000000152. The SMILES string of the molecule is C.Clc1ccc([C@@H]2CNCCN2c2ccc(Cl)cc2Cl)cc1.OC(CN1CCN(c2ccc(Cl)cc2Cl)[C@H](c2ccc(Cl)cc2)C1)c1ccccc1.OC[C@H](c1ccccc1)N1CCN(c2ccc(Cl)cc2Cl)[C@H](c2ccc(Cl)cc2)C1.c1ccc([C@@H]2CO2)cc1. The quantitative estimate of drug-likeness (QED) is 0.0978. The number of aliphatic hydroxyl groups excluding tert-OH is 2. The van der Waals surface area contributed by atoms with Crippen LogP contribution in [0.5, 0.6) is 0 Å². The van der Waals surface area contributed by atoms with Crippen molar-refractivity contribution in [1.29, 1.82) is 0 Å². The predicted molar refractivity (Wildman–Crippen MR) is 384 cm³/mol. The van der Waals surface area contributed by atoms with Gasteiger partial charge in [-0.15, -0.1) is 0 Å². The molecule has 9 aromatic rings. The van der Waals surface area contributed by atoms with Gasteiger partial charge in [0.05, 0.1) is 75.6 Å². The molecule has 9 nitrogen and oxygen atoms in total. The molecule has 9 aromatic carbocycles. The molecule has 0 bridgehead atoms. The second-order valence-corrected chi connectivity index (χ2v) is 26.1. The summed E-state index contributed by atoms with van der Waals surface area (Å²) in [5, 5.41) is 30.3. The Bertz CT molecular complexity index is 3690. The molecule has 0 aliphatic carbocycles. The number of hydrogen-bond acceptors (Lipinski definition) is 9. The summed E-state index contributed by atoms with van der Waals surface area (Å²) in [6, 6.07) is 71.3. The minimum Gasteiger partial charge on any atom is -0.394 e. The van der Waals surface area contributed by atoms with Crippen LogP contribution in [-0.2, 0) is 4.74 Å². The van der Waals surface area contributed by atoms with Crippen LogP contribution < -0.4 is 20.0 Å². The Morgan fingerprint density at radius 2 is 0.824 bits per heavy atom. The molecule has 0 saturated carbocycles. The average molecular weight is 1400 g/mol. The van der Waals surface area contributed by atoms with Crippen LogP contribution in [0.15, 0.2) is 218 Å². The van der Waals surface area contributed by atoms with Crippen molar-refractivity contribution in [2.75, 3.05) is 93.4 Å². The Kier molecular flexibility index (Phi) is 26.4. The van der Waals surface area contributed by atoms with Crippen LogP contribution in [0.2, 0.25) is 45.2 Å². The molecule has 476 valence electrons. The third-order valence-electron chi connectivity index (χ3n) is 16.5. The third-order valence-corrected chi connectivity index (χ3v) is 18.8. The molecule has 3 N–H and O–H groups in total. The summed E-state index contributed by atoms with van der Waals surface area (Å²) in [4.78, 5) is 11.6. The zero-order valence-corrected chi connectivity index (χ0v) is 56.0. The number of nitrogens with one attached hydrogen (secondary N) is 1. The van der Waals surface area contributed by atoms with E-state index < -0.39 is 6.10 Å². The number of benzene rings is 9. The molecule has 4 fully saturated rings. The normalized spacial score (nSPS) is 18.8. The van der Waals surface area contributed by atoms with Gasteiger partial charge in [0.25, 0.3) is 0 Å². The predicted octanol–water partition coefficient (Wildman–Crippen LogP) is 19.7. The van der Waals surface area contributed by atoms with Crippen LogP contribution in [0.25, 0.3) is 0 Å². The second kappa shape index (κ2) is 34.2. The first-order valence-electron chi connectivity index (χ1n) is 29.8. The molecule has 18 heteroatoms. The molecule has 13 rings (SSSR count). The van der Waals surface area contributed by atoms with E-state index >= 15 is 0 Å². The van der Waals surface area contributed by atoms with Crippen molar-refractivity contribution >= 4 is 121 Å². The summed E-state index contributed by atoms with van der Waals surface area (Å²) < 4.78 is 5.09. The smallest absolute Gasteiger partial charge is 0.106 e. The lowest BCUT2D eigenvalue weighted by atomic mass is 9.98. The highest BCUT2D eigenvalue weighted by Gasteiger charge is 2.35. The van der Waals surface area contributed by atoms with Gasteiger partial charge in [0.15, 0.2) is 0 Å². The highest BCUT2D eigenvalue weighted by atomic mass is 35.5. The van der Waals surface area contributed by atoms with Crippen LogP contribution in [0, 0.1) is 0 Å². The summed E-state index contributed by atoms with van der Waals surface area (Å²) in [6.45, 7) is 8.98. The largest absolute Gasteiger partial charge is 0.394 e. The number of rotatable bonds is 13. The molecule has 4 aliphatic heterocycles. The zero-order chi connectivity index (χ0) is 63.1. The lowest BCUT2D eigenvalue weighted by Crippen LogP contribution is -2.50. The van der Waals surface area contributed by atoms with E-state index in [4.69, 9.17) is 109 Å². The molecule has 4 heterocycles. The van der Waals surface area contributed by atoms with Crippen LogP contribution in [0.3, 0.4) is 0 Å². The van der Waals surface area contributed by atoms with Crippen LogP contribution >= 0.6 is 104 Å². The van der Waals surface area contributed by atoms with E-state index in [0.717, 1.165) is 110 Å². The Morgan fingerprint density at radius 1 is 0.429 bits per heavy atom. The minimum absolute atomic E-state index is 0. The van der Waals surface area contributed by atoms with E-state index in [1.807, 2.05) is 140 Å². The first kappa shape index (κ1) is 70.1.